The van der Waals surface area contributed by atoms with Gasteiger partial charge in [-0.2, -0.15) is 9.97 Å². The molecule has 0 atom stereocenters. The van der Waals surface area contributed by atoms with E-state index in [1.165, 1.54) is 36.8 Å². The number of fused-ring (bicyclic) bond motifs is 1. The zero-order chi connectivity index (χ0) is 21.2. The Balaban J connectivity index is 0.00000153. The minimum atomic E-state index is 0. The molecule has 33 heavy (non-hydrogen) atoms. The van der Waals surface area contributed by atoms with Gasteiger partial charge in [-0.05, 0) is 51.0 Å². The van der Waals surface area contributed by atoms with Gasteiger partial charge in [-0.25, -0.2) is 4.98 Å². The van der Waals surface area contributed by atoms with E-state index < -0.39 is 0 Å². The smallest absolute Gasteiger partial charge is 0.227 e. The first kappa shape index (κ1) is 25.5. The van der Waals surface area contributed by atoms with Crippen LogP contribution in [0.4, 0.5) is 11.8 Å². The topological polar surface area (TPSA) is 93.7 Å². The number of aryl methyl sites for hydroxylation is 1. The highest BCUT2D eigenvalue weighted by atomic mass is 35.5. The average Bonchev–Trinajstić information content (AvgIpc) is 3.43. The van der Waals surface area contributed by atoms with Gasteiger partial charge in [0, 0.05) is 24.7 Å². The lowest BCUT2D eigenvalue weighted by Crippen LogP contribution is -2.33. The number of hydrogen-bond donors (Lipinski definition) is 3. The number of imidazole rings is 1. The SMILES string of the molecule is Cc1cccc(CNc2nc(N[C@H]3CC[C@H](N)CC3)nc3c2ncn3C2CCCC2)c1.Cl.Cl. The van der Waals surface area contributed by atoms with E-state index in [1.807, 2.05) is 6.33 Å². The number of rotatable bonds is 6. The number of anilines is 2. The lowest BCUT2D eigenvalue weighted by atomic mass is 9.92. The molecule has 3 aromatic rings. The van der Waals surface area contributed by atoms with Crippen molar-refractivity contribution in [2.24, 2.45) is 5.73 Å². The van der Waals surface area contributed by atoms with Gasteiger partial charge in [0.1, 0.15) is 0 Å². The van der Waals surface area contributed by atoms with Crippen molar-refractivity contribution in [1.82, 2.24) is 19.5 Å². The van der Waals surface area contributed by atoms with Crippen LogP contribution >= 0.6 is 24.8 Å². The summed E-state index contributed by atoms with van der Waals surface area (Å²) in [6.45, 7) is 2.83. The molecule has 2 saturated carbocycles. The van der Waals surface area contributed by atoms with E-state index in [9.17, 15) is 0 Å². The molecule has 0 unspecified atom stereocenters. The van der Waals surface area contributed by atoms with Crippen LogP contribution in [0.1, 0.15) is 68.5 Å². The molecule has 2 fully saturated rings. The second kappa shape index (κ2) is 11.4. The Bertz CT molecular complexity index is 1040. The molecule has 1 aromatic carbocycles. The highest BCUT2D eigenvalue weighted by Crippen LogP contribution is 2.33. The molecule has 0 aliphatic heterocycles. The molecule has 0 amide bonds. The third-order valence-corrected chi connectivity index (χ3v) is 6.79. The van der Waals surface area contributed by atoms with E-state index in [4.69, 9.17) is 20.7 Å². The van der Waals surface area contributed by atoms with Crippen molar-refractivity contribution in [2.75, 3.05) is 10.6 Å². The van der Waals surface area contributed by atoms with Gasteiger partial charge in [0.2, 0.25) is 5.95 Å². The number of nitrogens with two attached hydrogens (primary N) is 1. The van der Waals surface area contributed by atoms with Crippen molar-refractivity contribution in [3.63, 3.8) is 0 Å². The molecule has 0 spiro atoms. The summed E-state index contributed by atoms with van der Waals surface area (Å²) >= 11 is 0. The first-order valence-electron chi connectivity index (χ1n) is 11.7. The Morgan fingerprint density at radius 2 is 1.79 bits per heavy atom. The Morgan fingerprint density at radius 3 is 2.52 bits per heavy atom. The van der Waals surface area contributed by atoms with Gasteiger partial charge in [-0.3, -0.25) is 0 Å². The molecular weight excluding hydrogens is 457 g/mol. The monoisotopic (exact) mass is 491 g/mol. The molecule has 0 saturated heterocycles. The standard InChI is InChI=1S/C24H33N7.2ClH/c1-16-5-4-6-17(13-16)14-26-22-21-23(31(15-27-21)20-7-2-3-8-20)30-24(29-22)28-19-11-9-18(25)10-12-19;;/h4-6,13,15,18-20H,2-3,7-12,14,25H2,1H3,(H2,26,28,29,30);2*1H/t18-,19-;;. The highest BCUT2D eigenvalue weighted by Gasteiger charge is 2.23. The average molecular weight is 492 g/mol. The molecule has 180 valence electrons. The third-order valence-electron chi connectivity index (χ3n) is 6.79. The third kappa shape index (κ3) is 5.89. The summed E-state index contributed by atoms with van der Waals surface area (Å²) in [4.78, 5) is 14.5. The zero-order valence-corrected chi connectivity index (χ0v) is 20.8. The summed E-state index contributed by atoms with van der Waals surface area (Å²) in [5.74, 6) is 1.50. The van der Waals surface area contributed by atoms with E-state index in [0.29, 0.717) is 30.6 Å². The minimum absolute atomic E-state index is 0. The van der Waals surface area contributed by atoms with Crippen molar-refractivity contribution in [1.29, 1.82) is 0 Å². The van der Waals surface area contributed by atoms with Crippen LogP contribution in [0.15, 0.2) is 30.6 Å². The summed E-state index contributed by atoms with van der Waals surface area (Å²) in [6.07, 6.45) is 11.2. The van der Waals surface area contributed by atoms with Crippen molar-refractivity contribution in [2.45, 2.75) is 83.0 Å². The summed E-state index contributed by atoms with van der Waals surface area (Å²) in [7, 11) is 0. The summed E-state index contributed by atoms with van der Waals surface area (Å²) in [6, 6.07) is 9.75. The fourth-order valence-corrected chi connectivity index (χ4v) is 5.01. The van der Waals surface area contributed by atoms with Crippen molar-refractivity contribution in [3.8, 4) is 0 Å². The molecule has 7 nitrogen and oxygen atoms in total. The fraction of sp³-hybridized carbons (Fsp3) is 0.542. The van der Waals surface area contributed by atoms with Gasteiger partial charge in [0.15, 0.2) is 17.0 Å². The predicted molar refractivity (Wildman–Crippen MR) is 140 cm³/mol. The molecule has 0 radical (unpaired) electrons. The molecule has 5 rings (SSSR count). The second-order valence-corrected chi connectivity index (χ2v) is 9.26. The van der Waals surface area contributed by atoms with E-state index in [-0.39, 0.29) is 24.8 Å². The molecule has 2 aliphatic carbocycles. The Hall–Kier alpha value is -2.09. The van der Waals surface area contributed by atoms with Crippen LogP contribution in [0.2, 0.25) is 0 Å². The van der Waals surface area contributed by atoms with Crippen LogP contribution in [0.25, 0.3) is 11.2 Å². The molecule has 2 heterocycles. The van der Waals surface area contributed by atoms with E-state index in [1.54, 1.807) is 0 Å². The molecule has 9 heteroatoms. The normalized spacial score (nSPS) is 20.8. The van der Waals surface area contributed by atoms with Gasteiger partial charge in [-0.15, -0.1) is 24.8 Å². The highest BCUT2D eigenvalue weighted by molar-refractivity contribution is 5.86. The number of halogens is 2. The molecule has 0 bridgehead atoms. The van der Waals surface area contributed by atoms with Crippen LogP contribution in [-0.4, -0.2) is 31.6 Å². The second-order valence-electron chi connectivity index (χ2n) is 9.26. The summed E-state index contributed by atoms with van der Waals surface area (Å²) < 4.78 is 2.27. The van der Waals surface area contributed by atoms with E-state index >= 15 is 0 Å². The number of hydrogen-bond acceptors (Lipinski definition) is 6. The van der Waals surface area contributed by atoms with Gasteiger partial charge in [0.25, 0.3) is 0 Å². The number of benzene rings is 1. The fourth-order valence-electron chi connectivity index (χ4n) is 5.01. The maximum absolute atomic E-state index is 6.09. The first-order valence-corrected chi connectivity index (χ1v) is 11.7. The zero-order valence-electron chi connectivity index (χ0n) is 19.2. The van der Waals surface area contributed by atoms with Crippen LogP contribution in [-0.2, 0) is 6.54 Å². The number of aromatic nitrogens is 4. The quantitative estimate of drug-likeness (QED) is 0.427. The molecule has 2 aromatic heterocycles. The Morgan fingerprint density at radius 1 is 1.03 bits per heavy atom. The number of nitrogens with one attached hydrogen (secondary N) is 2. The van der Waals surface area contributed by atoms with Crippen LogP contribution in [0, 0.1) is 6.92 Å². The predicted octanol–water partition coefficient (Wildman–Crippen LogP) is 5.39. The Labute approximate surface area is 208 Å². The van der Waals surface area contributed by atoms with Crippen LogP contribution < -0.4 is 16.4 Å². The maximum Gasteiger partial charge on any atom is 0.227 e. The molecule has 4 N–H and O–H groups in total. The lowest BCUT2D eigenvalue weighted by molar-refractivity contribution is 0.410. The van der Waals surface area contributed by atoms with Crippen LogP contribution in [0.5, 0.6) is 0 Å². The first-order chi connectivity index (χ1) is 15.2. The maximum atomic E-state index is 6.09. The largest absolute Gasteiger partial charge is 0.364 e. The van der Waals surface area contributed by atoms with Gasteiger partial charge >= 0.3 is 0 Å². The van der Waals surface area contributed by atoms with Crippen molar-refractivity contribution < 1.29 is 0 Å². The van der Waals surface area contributed by atoms with Gasteiger partial charge in [-0.1, -0.05) is 42.7 Å². The van der Waals surface area contributed by atoms with Crippen molar-refractivity contribution >= 4 is 47.7 Å². The molecule has 2 aliphatic rings. The van der Waals surface area contributed by atoms with E-state index in [2.05, 4.69) is 46.4 Å². The van der Waals surface area contributed by atoms with Gasteiger partial charge < -0.3 is 20.9 Å². The van der Waals surface area contributed by atoms with Crippen molar-refractivity contribution in [3.05, 3.63) is 41.7 Å². The van der Waals surface area contributed by atoms with E-state index in [0.717, 1.165) is 42.7 Å². The molecular formula is C24H35Cl2N7. The minimum Gasteiger partial charge on any atom is -0.364 e. The summed E-state index contributed by atoms with van der Waals surface area (Å²) in [5.41, 5.74) is 10.4. The number of nitrogens with zero attached hydrogens (tertiary/aromatic N) is 4. The lowest BCUT2D eigenvalue weighted by Gasteiger charge is -2.27. The Kier molecular flexibility index (Phi) is 8.79. The van der Waals surface area contributed by atoms with Crippen LogP contribution in [0.3, 0.4) is 0 Å². The summed E-state index contributed by atoms with van der Waals surface area (Å²) in [5, 5.41) is 7.12. The van der Waals surface area contributed by atoms with Gasteiger partial charge in [0.05, 0.1) is 6.33 Å².